The van der Waals surface area contributed by atoms with Crippen molar-refractivity contribution in [2.75, 3.05) is 0 Å². The van der Waals surface area contributed by atoms with E-state index in [0.29, 0.717) is 12.1 Å². The molecule has 18 heavy (non-hydrogen) atoms. The standard InChI is InChI=1S/C13H11F3N2/c14-13(15,16)12-5-6-18-8-11(12)10-3-1-9(7-17)2-4-10/h1-6,8H,7,17H2. The second-order valence-corrected chi connectivity index (χ2v) is 3.82. The van der Waals surface area contributed by atoms with E-state index in [4.69, 9.17) is 5.73 Å². The Labute approximate surface area is 102 Å². The molecular weight excluding hydrogens is 241 g/mol. The van der Waals surface area contributed by atoms with Gasteiger partial charge in [0.1, 0.15) is 0 Å². The fourth-order valence-corrected chi connectivity index (χ4v) is 1.69. The van der Waals surface area contributed by atoms with Crippen molar-refractivity contribution in [3.8, 4) is 11.1 Å². The maximum atomic E-state index is 12.8. The molecule has 0 unspecified atom stereocenters. The number of alkyl halides is 3. The first-order valence-electron chi connectivity index (χ1n) is 5.33. The Morgan fingerprint density at radius 1 is 1.06 bits per heavy atom. The first kappa shape index (κ1) is 12.6. The highest BCUT2D eigenvalue weighted by atomic mass is 19.4. The van der Waals surface area contributed by atoms with Gasteiger partial charge in [-0.25, -0.2) is 0 Å². The van der Waals surface area contributed by atoms with Gasteiger partial charge in [0.15, 0.2) is 0 Å². The van der Waals surface area contributed by atoms with Gasteiger partial charge < -0.3 is 5.73 Å². The SMILES string of the molecule is NCc1ccc(-c2cnccc2C(F)(F)F)cc1. The number of nitrogens with two attached hydrogens (primary N) is 1. The number of nitrogens with zero attached hydrogens (tertiary/aromatic N) is 1. The van der Waals surface area contributed by atoms with Crippen molar-refractivity contribution in [3.05, 3.63) is 53.9 Å². The summed E-state index contributed by atoms with van der Waals surface area (Å²) in [6, 6.07) is 7.64. The Kier molecular flexibility index (Phi) is 3.34. The maximum Gasteiger partial charge on any atom is 0.417 e. The van der Waals surface area contributed by atoms with Gasteiger partial charge in [-0.15, -0.1) is 0 Å². The minimum atomic E-state index is -4.38. The van der Waals surface area contributed by atoms with Crippen molar-refractivity contribution in [2.45, 2.75) is 12.7 Å². The largest absolute Gasteiger partial charge is 0.417 e. The van der Waals surface area contributed by atoms with E-state index in [9.17, 15) is 13.2 Å². The minimum Gasteiger partial charge on any atom is -0.326 e. The normalized spacial score (nSPS) is 11.6. The van der Waals surface area contributed by atoms with E-state index in [1.165, 1.54) is 6.20 Å². The first-order chi connectivity index (χ1) is 8.52. The van der Waals surface area contributed by atoms with Gasteiger partial charge in [0.2, 0.25) is 0 Å². The van der Waals surface area contributed by atoms with Gasteiger partial charge >= 0.3 is 6.18 Å². The summed E-state index contributed by atoms with van der Waals surface area (Å²) in [6.45, 7) is 0.361. The number of pyridine rings is 1. The van der Waals surface area contributed by atoms with Crippen LogP contribution in [0.4, 0.5) is 13.2 Å². The molecule has 2 rings (SSSR count). The van der Waals surface area contributed by atoms with Crippen LogP contribution in [0.2, 0.25) is 0 Å². The summed E-state index contributed by atoms with van der Waals surface area (Å²) in [7, 11) is 0. The van der Waals surface area contributed by atoms with E-state index in [0.717, 1.165) is 17.8 Å². The van der Waals surface area contributed by atoms with Gasteiger partial charge in [0, 0.05) is 24.5 Å². The average Bonchev–Trinajstić information content (AvgIpc) is 2.38. The second kappa shape index (κ2) is 4.78. The van der Waals surface area contributed by atoms with Crippen molar-refractivity contribution in [1.29, 1.82) is 0 Å². The van der Waals surface area contributed by atoms with E-state index in [-0.39, 0.29) is 5.56 Å². The number of hydrogen-bond donors (Lipinski definition) is 1. The number of rotatable bonds is 2. The molecule has 0 aliphatic rings. The monoisotopic (exact) mass is 252 g/mol. The van der Waals surface area contributed by atoms with Crippen molar-refractivity contribution in [3.63, 3.8) is 0 Å². The summed E-state index contributed by atoms with van der Waals surface area (Å²) in [4.78, 5) is 3.75. The summed E-state index contributed by atoms with van der Waals surface area (Å²) in [6.07, 6.45) is -2.02. The van der Waals surface area contributed by atoms with Crippen LogP contribution < -0.4 is 5.73 Å². The molecule has 2 N–H and O–H groups in total. The molecule has 0 saturated carbocycles. The molecule has 1 heterocycles. The quantitative estimate of drug-likeness (QED) is 0.891. The van der Waals surface area contributed by atoms with E-state index >= 15 is 0 Å². The lowest BCUT2D eigenvalue weighted by molar-refractivity contribution is -0.137. The molecule has 0 aliphatic heterocycles. The first-order valence-corrected chi connectivity index (χ1v) is 5.33. The fourth-order valence-electron chi connectivity index (χ4n) is 1.69. The van der Waals surface area contributed by atoms with Crippen molar-refractivity contribution in [2.24, 2.45) is 5.73 Å². The number of hydrogen-bond acceptors (Lipinski definition) is 2. The van der Waals surface area contributed by atoms with Crippen molar-refractivity contribution < 1.29 is 13.2 Å². The van der Waals surface area contributed by atoms with Crippen LogP contribution in [-0.2, 0) is 12.7 Å². The van der Waals surface area contributed by atoms with Gasteiger partial charge in [0.05, 0.1) is 5.56 Å². The number of halogens is 3. The summed E-state index contributed by atoms with van der Waals surface area (Å²) in [5.41, 5.74) is 6.19. The average molecular weight is 252 g/mol. The zero-order valence-corrected chi connectivity index (χ0v) is 9.41. The number of benzene rings is 1. The highest BCUT2D eigenvalue weighted by Crippen LogP contribution is 2.36. The van der Waals surface area contributed by atoms with Crippen LogP contribution in [-0.4, -0.2) is 4.98 Å². The van der Waals surface area contributed by atoms with Crippen LogP contribution >= 0.6 is 0 Å². The topological polar surface area (TPSA) is 38.9 Å². The maximum absolute atomic E-state index is 12.8. The fraction of sp³-hybridized carbons (Fsp3) is 0.154. The zero-order chi connectivity index (χ0) is 13.2. The van der Waals surface area contributed by atoms with Crippen LogP contribution in [0, 0.1) is 0 Å². The molecule has 0 spiro atoms. The predicted molar refractivity (Wildman–Crippen MR) is 62.6 cm³/mol. The molecule has 0 amide bonds. The third kappa shape index (κ3) is 2.51. The third-order valence-corrected chi connectivity index (χ3v) is 2.63. The Morgan fingerprint density at radius 2 is 1.72 bits per heavy atom. The van der Waals surface area contributed by atoms with Crippen LogP contribution in [0.3, 0.4) is 0 Å². The molecule has 2 aromatic rings. The van der Waals surface area contributed by atoms with E-state index < -0.39 is 11.7 Å². The number of aromatic nitrogens is 1. The molecule has 0 fully saturated rings. The predicted octanol–water partition coefficient (Wildman–Crippen LogP) is 3.23. The lowest BCUT2D eigenvalue weighted by Gasteiger charge is -2.12. The molecule has 1 aromatic heterocycles. The Morgan fingerprint density at radius 3 is 2.28 bits per heavy atom. The zero-order valence-electron chi connectivity index (χ0n) is 9.41. The Hall–Kier alpha value is -1.88. The molecular formula is C13H11F3N2. The molecule has 94 valence electrons. The van der Waals surface area contributed by atoms with Gasteiger partial charge in [0.25, 0.3) is 0 Å². The molecule has 0 atom stereocenters. The minimum absolute atomic E-state index is 0.0774. The Balaban J connectivity index is 2.50. The van der Waals surface area contributed by atoms with Crippen LogP contribution in [0.25, 0.3) is 11.1 Å². The molecule has 2 nitrogen and oxygen atoms in total. The van der Waals surface area contributed by atoms with Crippen LogP contribution in [0.15, 0.2) is 42.7 Å². The molecule has 5 heteroatoms. The van der Waals surface area contributed by atoms with E-state index in [1.54, 1.807) is 24.3 Å². The van der Waals surface area contributed by atoms with Crippen molar-refractivity contribution in [1.82, 2.24) is 4.98 Å². The van der Waals surface area contributed by atoms with Gasteiger partial charge in [-0.1, -0.05) is 24.3 Å². The summed E-state index contributed by atoms with van der Waals surface area (Å²) >= 11 is 0. The van der Waals surface area contributed by atoms with Crippen LogP contribution in [0.5, 0.6) is 0 Å². The van der Waals surface area contributed by atoms with Gasteiger partial charge in [-0.3, -0.25) is 4.98 Å². The third-order valence-electron chi connectivity index (χ3n) is 2.63. The summed E-state index contributed by atoms with van der Waals surface area (Å²) in [5, 5.41) is 0. The molecule has 1 aromatic carbocycles. The Bertz CT molecular complexity index is 533. The lowest BCUT2D eigenvalue weighted by Crippen LogP contribution is -2.07. The van der Waals surface area contributed by atoms with E-state index in [1.807, 2.05) is 0 Å². The molecule has 0 saturated heterocycles. The van der Waals surface area contributed by atoms with E-state index in [2.05, 4.69) is 4.98 Å². The molecule has 0 radical (unpaired) electrons. The van der Waals surface area contributed by atoms with Crippen LogP contribution in [0.1, 0.15) is 11.1 Å². The molecule has 0 aliphatic carbocycles. The lowest BCUT2D eigenvalue weighted by atomic mass is 10.0. The highest BCUT2D eigenvalue weighted by molar-refractivity contribution is 5.67. The highest BCUT2D eigenvalue weighted by Gasteiger charge is 2.33. The molecule has 0 bridgehead atoms. The summed E-state index contributed by atoms with van der Waals surface area (Å²) in [5.74, 6) is 0. The smallest absolute Gasteiger partial charge is 0.326 e. The van der Waals surface area contributed by atoms with Gasteiger partial charge in [-0.2, -0.15) is 13.2 Å². The summed E-state index contributed by atoms with van der Waals surface area (Å²) < 4.78 is 38.5. The second-order valence-electron chi connectivity index (χ2n) is 3.82. The van der Waals surface area contributed by atoms with Crippen molar-refractivity contribution >= 4 is 0 Å². The van der Waals surface area contributed by atoms with Gasteiger partial charge in [-0.05, 0) is 17.2 Å².